The molecule has 30 heavy (non-hydrogen) atoms. The molecule has 1 aliphatic carbocycles. The van der Waals surface area contributed by atoms with Crippen LogP contribution >= 0.6 is 0 Å². The molecule has 0 spiro atoms. The van der Waals surface area contributed by atoms with Crippen LogP contribution in [0.1, 0.15) is 31.4 Å². The minimum atomic E-state index is -0.670. The molecule has 0 atom stereocenters. The van der Waals surface area contributed by atoms with Gasteiger partial charge in [0.1, 0.15) is 17.4 Å². The van der Waals surface area contributed by atoms with Crippen LogP contribution in [0.3, 0.4) is 0 Å². The van der Waals surface area contributed by atoms with Gasteiger partial charge in [-0.15, -0.1) is 0 Å². The van der Waals surface area contributed by atoms with Gasteiger partial charge in [-0.05, 0) is 38.0 Å². The lowest BCUT2D eigenvalue weighted by Gasteiger charge is -2.33. The largest absolute Gasteiger partial charge is 0.487 e. The monoisotopic (exact) mass is 411 g/mol. The summed E-state index contributed by atoms with van der Waals surface area (Å²) in [6.45, 7) is 3.37. The number of halogens is 2. The maximum Gasteiger partial charge on any atom is 0.172 e. The van der Waals surface area contributed by atoms with Crippen molar-refractivity contribution < 1.29 is 13.5 Å². The molecule has 1 aliphatic heterocycles. The van der Waals surface area contributed by atoms with E-state index in [1.165, 1.54) is 12.1 Å². The van der Waals surface area contributed by atoms with Crippen molar-refractivity contribution >= 4 is 22.7 Å². The second-order valence-electron chi connectivity index (χ2n) is 8.01. The first-order valence-electron chi connectivity index (χ1n) is 10.3. The smallest absolute Gasteiger partial charge is 0.172 e. The number of nitrogens with zero attached hydrogens (tertiary/aromatic N) is 4. The third-order valence-corrected chi connectivity index (χ3v) is 5.52. The lowest BCUT2D eigenvalue weighted by atomic mass is 10.1. The van der Waals surface area contributed by atoms with Crippen molar-refractivity contribution in [2.75, 3.05) is 23.3 Å². The van der Waals surface area contributed by atoms with Crippen LogP contribution in [-0.2, 0) is 0 Å². The summed E-state index contributed by atoms with van der Waals surface area (Å²) in [5, 5.41) is 3.51. The molecule has 0 amide bonds. The SMILES string of the molecule is Cc1cc2nc(NC3CC3)c(N3CCC(Oc4ccc(F)cc4F)CC3)nc2cn1. The zero-order chi connectivity index (χ0) is 20.7. The first kappa shape index (κ1) is 19.0. The number of aryl methyl sites for hydroxylation is 1. The Labute approximate surface area is 173 Å². The highest BCUT2D eigenvalue weighted by molar-refractivity contribution is 5.80. The van der Waals surface area contributed by atoms with Gasteiger partial charge in [0, 0.05) is 43.7 Å². The number of pyridine rings is 1. The second-order valence-corrected chi connectivity index (χ2v) is 8.01. The topological polar surface area (TPSA) is 63.2 Å². The summed E-state index contributed by atoms with van der Waals surface area (Å²) in [7, 11) is 0. The fourth-order valence-electron chi connectivity index (χ4n) is 3.73. The van der Waals surface area contributed by atoms with Gasteiger partial charge >= 0.3 is 0 Å². The lowest BCUT2D eigenvalue weighted by molar-refractivity contribution is 0.163. The van der Waals surface area contributed by atoms with Crippen LogP contribution < -0.4 is 15.0 Å². The van der Waals surface area contributed by atoms with E-state index in [2.05, 4.69) is 15.2 Å². The van der Waals surface area contributed by atoms with Crippen molar-refractivity contribution in [3.05, 3.63) is 47.8 Å². The lowest BCUT2D eigenvalue weighted by Crippen LogP contribution is -2.39. The van der Waals surface area contributed by atoms with Gasteiger partial charge in [-0.3, -0.25) is 4.98 Å². The number of benzene rings is 1. The Morgan fingerprint density at radius 3 is 2.57 bits per heavy atom. The van der Waals surface area contributed by atoms with Crippen LogP contribution in [0.15, 0.2) is 30.5 Å². The standard InChI is InChI=1S/C22H23F2N5O/c1-13-10-18-19(12-25-13)28-22(21(27-18)26-15-3-4-15)29-8-6-16(7-9-29)30-20-5-2-14(23)11-17(20)24/h2,5,10-12,15-16H,3-4,6-9H2,1H3,(H,26,27). The van der Waals surface area contributed by atoms with Gasteiger partial charge in [0.2, 0.25) is 0 Å². The molecule has 2 aromatic heterocycles. The van der Waals surface area contributed by atoms with Crippen LogP contribution in [0.25, 0.3) is 11.0 Å². The van der Waals surface area contributed by atoms with Gasteiger partial charge in [-0.2, -0.15) is 0 Å². The molecule has 3 aromatic rings. The van der Waals surface area contributed by atoms with Crippen LogP contribution in [-0.4, -0.2) is 40.2 Å². The zero-order valence-electron chi connectivity index (χ0n) is 16.7. The number of aromatic nitrogens is 3. The van der Waals surface area contributed by atoms with Crippen LogP contribution in [0.2, 0.25) is 0 Å². The van der Waals surface area contributed by atoms with Crippen molar-refractivity contribution in [1.82, 2.24) is 15.0 Å². The molecule has 0 bridgehead atoms. The Bertz CT molecular complexity index is 1080. The molecule has 156 valence electrons. The van der Waals surface area contributed by atoms with Gasteiger partial charge in [0.15, 0.2) is 23.2 Å². The van der Waals surface area contributed by atoms with E-state index in [1.54, 1.807) is 6.20 Å². The Balaban J connectivity index is 1.34. The van der Waals surface area contributed by atoms with Crippen LogP contribution in [0.4, 0.5) is 20.4 Å². The number of ether oxygens (including phenoxy) is 1. The van der Waals surface area contributed by atoms with Gasteiger partial charge in [-0.25, -0.2) is 18.7 Å². The van der Waals surface area contributed by atoms with Gasteiger partial charge in [0.25, 0.3) is 0 Å². The fourth-order valence-corrected chi connectivity index (χ4v) is 3.73. The van der Waals surface area contributed by atoms with E-state index >= 15 is 0 Å². The number of hydrogen-bond donors (Lipinski definition) is 1. The quantitative estimate of drug-likeness (QED) is 0.678. The van der Waals surface area contributed by atoms with E-state index in [4.69, 9.17) is 14.7 Å². The van der Waals surface area contributed by atoms with Crippen molar-refractivity contribution in [3.63, 3.8) is 0 Å². The third kappa shape index (κ3) is 3.99. The van der Waals surface area contributed by atoms with Crippen LogP contribution in [0, 0.1) is 18.6 Å². The van der Waals surface area contributed by atoms with Crippen molar-refractivity contribution in [2.45, 2.75) is 44.8 Å². The number of anilines is 2. The molecule has 3 heterocycles. The van der Waals surface area contributed by atoms with E-state index in [0.29, 0.717) is 32.0 Å². The van der Waals surface area contributed by atoms with Gasteiger partial charge in [0.05, 0.1) is 11.7 Å². The summed E-state index contributed by atoms with van der Waals surface area (Å²) in [6, 6.07) is 5.81. The molecule has 0 radical (unpaired) electrons. The van der Waals surface area contributed by atoms with Crippen LogP contribution in [0.5, 0.6) is 5.75 Å². The van der Waals surface area contributed by atoms with Crippen molar-refractivity contribution in [2.24, 2.45) is 0 Å². The molecule has 6 nitrogen and oxygen atoms in total. The average Bonchev–Trinajstić information content (AvgIpc) is 3.54. The Morgan fingerprint density at radius 1 is 1.03 bits per heavy atom. The highest BCUT2D eigenvalue weighted by Crippen LogP contribution is 2.32. The van der Waals surface area contributed by atoms with Gasteiger partial charge < -0.3 is 15.0 Å². The molecule has 1 N–H and O–H groups in total. The molecular weight excluding hydrogens is 388 g/mol. The molecular formula is C22H23F2N5O. The number of fused-ring (bicyclic) bond motifs is 1. The predicted octanol–water partition coefficient (Wildman–Crippen LogP) is 4.23. The molecule has 2 fully saturated rings. The molecule has 2 aliphatic rings. The minimum absolute atomic E-state index is 0.0953. The van der Waals surface area contributed by atoms with Crippen molar-refractivity contribution in [3.8, 4) is 5.75 Å². The summed E-state index contributed by atoms with van der Waals surface area (Å²) in [5.74, 6) is 0.449. The second kappa shape index (κ2) is 7.66. The normalized spacial score (nSPS) is 17.4. The Morgan fingerprint density at radius 2 is 1.83 bits per heavy atom. The molecule has 1 saturated carbocycles. The number of nitrogens with one attached hydrogen (secondary N) is 1. The number of hydrogen-bond acceptors (Lipinski definition) is 6. The average molecular weight is 411 g/mol. The van der Waals surface area contributed by atoms with E-state index < -0.39 is 11.6 Å². The highest BCUT2D eigenvalue weighted by Gasteiger charge is 2.28. The number of piperidine rings is 1. The van der Waals surface area contributed by atoms with E-state index in [0.717, 1.165) is 47.3 Å². The fraction of sp³-hybridized carbons (Fsp3) is 0.409. The van der Waals surface area contributed by atoms with E-state index in [1.807, 2.05) is 13.0 Å². The Kier molecular flexibility index (Phi) is 4.84. The number of rotatable bonds is 5. The van der Waals surface area contributed by atoms with E-state index in [9.17, 15) is 8.78 Å². The van der Waals surface area contributed by atoms with Gasteiger partial charge in [-0.1, -0.05) is 0 Å². The molecule has 5 rings (SSSR count). The first-order chi connectivity index (χ1) is 14.5. The predicted molar refractivity (Wildman–Crippen MR) is 111 cm³/mol. The molecule has 0 unspecified atom stereocenters. The Hall–Kier alpha value is -3.03. The minimum Gasteiger partial charge on any atom is -0.487 e. The zero-order valence-corrected chi connectivity index (χ0v) is 16.7. The third-order valence-electron chi connectivity index (χ3n) is 5.52. The van der Waals surface area contributed by atoms with Crippen molar-refractivity contribution in [1.29, 1.82) is 0 Å². The first-order valence-corrected chi connectivity index (χ1v) is 10.3. The summed E-state index contributed by atoms with van der Waals surface area (Å²) >= 11 is 0. The molecule has 1 saturated heterocycles. The summed E-state index contributed by atoms with van der Waals surface area (Å²) in [6.07, 6.45) is 5.35. The maximum atomic E-state index is 13.9. The van der Waals surface area contributed by atoms with E-state index in [-0.39, 0.29) is 11.9 Å². The summed E-state index contributed by atoms with van der Waals surface area (Å²) in [5.41, 5.74) is 2.51. The maximum absolute atomic E-state index is 13.9. The summed E-state index contributed by atoms with van der Waals surface area (Å²) in [4.78, 5) is 16.2. The molecule has 8 heteroatoms. The molecule has 1 aromatic carbocycles. The summed E-state index contributed by atoms with van der Waals surface area (Å²) < 4.78 is 32.8. The highest BCUT2D eigenvalue weighted by atomic mass is 19.1.